The molecule has 0 bridgehead atoms. The Morgan fingerprint density at radius 3 is 2.57 bits per heavy atom. The van der Waals surface area contributed by atoms with E-state index in [1.807, 2.05) is 54.6 Å². The molecule has 0 radical (unpaired) electrons. The maximum Gasteiger partial charge on any atom is 0.309 e. The summed E-state index contributed by atoms with van der Waals surface area (Å²) in [5, 5.41) is 9.79. The second-order valence-corrected chi connectivity index (χ2v) is 4.62. The van der Waals surface area contributed by atoms with E-state index in [4.69, 9.17) is 9.84 Å². The lowest BCUT2D eigenvalue weighted by Crippen LogP contribution is -2.02. The van der Waals surface area contributed by atoms with Crippen molar-refractivity contribution < 1.29 is 14.6 Å². The Morgan fingerprint density at radius 2 is 1.81 bits per heavy atom. The monoisotopic (exact) mass is 279 g/mol. The SMILES string of the molecule is O=C(O)Cc1ccc2cccc(Oc3ccccc3)c2n1. The Labute approximate surface area is 121 Å². The van der Waals surface area contributed by atoms with Gasteiger partial charge in [0.15, 0.2) is 5.75 Å². The first-order chi connectivity index (χ1) is 10.2. The number of carboxylic acids is 1. The van der Waals surface area contributed by atoms with Gasteiger partial charge < -0.3 is 9.84 Å². The molecule has 4 nitrogen and oxygen atoms in total. The first-order valence-corrected chi connectivity index (χ1v) is 6.56. The number of benzene rings is 2. The summed E-state index contributed by atoms with van der Waals surface area (Å²) in [6.45, 7) is 0. The van der Waals surface area contributed by atoms with E-state index in [1.54, 1.807) is 6.07 Å². The Balaban J connectivity index is 2.03. The number of aromatic nitrogens is 1. The summed E-state index contributed by atoms with van der Waals surface area (Å²) in [4.78, 5) is 15.2. The predicted molar refractivity (Wildman–Crippen MR) is 79.6 cm³/mol. The van der Waals surface area contributed by atoms with Crippen molar-refractivity contribution in [3.8, 4) is 11.5 Å². The molecular formula is C17H13NO3. The van der Waals surface area contributed by atoms with Gasteiger partial charge in [-0.05, 0) is 24.3 Å². The minimum atomic E-state index is -0.900. The van der Waals surface area contributed by atoms with Crippen LogP contribution in [-0.4, -0.2) is 16.1 Å². The fraction of sp³-hybridized carbons (Fsp3) is 0.0588. The highest BCUT2D eigenvalue weighted by molar-refractivity contribution is 5.85. The standard InChI is InChI=1S/C17H13NO3/c19-16(20)11-13-10-9-12-5-4-8-15(17(12)18-13)21-14-6-2-1-3-7-14/h1-10H,11H2,(H,19,20). The molecule has 0 atom stereocenters. The lowest BCUT2D eigenvalue weighted by atomic mass is 10.1. The van der Waals surface area contributed by atoms with Crippen LogP contribution in [0.4, 0.5) is 0 Å². The molecular weight excluding hydrogens is 266 g/mol. The molecule has 4 heteroatoms. The zero-order valence-corrected chi connectivity index (χ0v) is 11.2. The minimum absolute atomic E-state index is 0.102. The maximum atomic E-state index is 10.8. The molecule has 2 aromatic carbocycles. The fourth-order valence-electron chi connectivity index (χ4n) is 2.11. The average Bonchev–Trinajstić information content (AvgIpc) is 2.48. The van der Waals surface area contributed by atoms with Crippen LogP contribution in [-0.2, 0) is 11.2 Å². The lowest BCUT2D eigenvalue weighted by molar-refractivity contribution is -0.136. The summed E-state index contributed by atoms with van der Waals surface area (Å²) in [5.41, 5.74) is 1.18. The van der Waals surface area contributed by atoms with Crippen molar-refractivity contribution in [2.24, 2.45) is 0 Å². The van der Waals surface area contributed by atoms with Gasteiger partial charge in [0.1, 0.15) is 11.3 Å². The summed E-state index contributed by atoms with van der Waals surface area (Å²) in [7, 11) is 0. The van der Waals surface area contributed by atoms with Crippen LogP contribution in [0.2, 0.25) is 0 Å². The molecule has 1 heterocycles. The van der Waals surface area contributed by atoms with Crippen molar-refractivity contribution in [3.63, 3.8) is 0 Å². The van der Waals surface area contributed by atoms with Gasteiger partial charge in [-0.15, -0.1) is 0 Å². The molecule has 1 N–H and O–H groups in total. The molecule has 0 aliphatic rings. The van der Waals surface area contributed by atoms with Gasteiger partial charge in [0.2, 0.25) is 0 Å². The van der Waals surface area contributed by atoms with Crippen LogP contribution in [0.1, 0.15) is 5.69 Å². The molecule has 3 aromatic rings. The molecule has 0 aliphatic heterocycles. The van der Waals surface area contributed by atoms with Crippen LogP contribution >= 0.6 is 0 Å². The van der Waals surface area contributed by atoms with E-state index < -0.39 is 5.97 Å². The number of nitrogens with zero attached hydrogens (tertiary/aromatic N) is 1. The van der Waals surface area contributed by atoms with Gasteiger partial charge in [0.05, 0.1) is 12.1 Å². The average molecular weight is 279 g/mol. The zero-order chi connectivity index (χ0) is 14.7. The van der Waals surface area contributed by atoms with Gasteiger partial charge in [-0.3, -0.25) is 4.79 Å². The van der Waals surface area contributed by atoms with E-state index in [0.717, 1.165) is 11.1 Å². The fourth-order valence-corrected chi connectivity index (χ4v) is 2.11. The van der Waals surface area contributed by atoms with Crippen LogP contribution in [0.15, 0.2) is 60.7 Å². The van der Waals surface area contributed by atoms with Crippen molar-refractivity contribution in [2.45, 2.75) is 6.42 Å². The lowest BCUT2D eigenvalue weighted by Gasteiger charge is -2.09. The van der Waals surface area contributed by atoms with Gasteiger partial charge in [-0.25, -0.2) is 4.98 Å². The molecule has 0 saturated heterocycles. The maximum absolute atomic E-state index is 10.8. The van der Waals surface area contributed by atoms with Crippen molar-refractivity contribution in [3.05, 3.63) is 66.4 Å². The van der Waals surface area contributed by atoms with Gasteiger partial charge in [0, 0.05) is 5.39 Å². The van der Waals surface area contributed by atoms with E-state index in [1.165, 1.54) is 0 Å². The quantitative estimate of drug-likeness (QED) is 0.791. The number of aliphatic carboxylic acids is 1. The molecule has 1 aromatic heterocycles. The van der Waals surface area contributed by atoms with Crippen molar-refractivity contribution in [1.29, 1.82) is 0 Å². The smallest absolute Gasteiger partial charge is 0.309 e. The topological polar surface area (TPSA) is 59.4 Å². The molecule has 0 saturated carbocycles. The van der Waals surface area contributed by atoms with Crippen LogP contribution in [0, 0.1) is 0 Å². The first kappa shape index (κ1) is 13.1. The highest BCUT2D eigenvalue weighted by Crippen LogP contribution is 2.28. The summed E-state index contributed by atoms with van der Waals surface area (Å²) < 4.78 is 5.84. The van der Waals surface area contributed by atoms with Gasteiger partial charge in [-0.2, -0.15) is 0 Å². The number of carboxylic acid groups (broad SMARTS) is 1. The highest BCUT2D eigenvalue weighted by Gasteiger charge is 2.08. The van der Waals surface area contributed by atoms with Crippen molar-refractivity contribution in [2.75, 3.05) is 0 Å². The molecule has 0 spiro atoms. The minimum Gasteiger partial charge on any atom is -0.481 e. The molecule has 3 rings (SSSR count). The van der Waals surface area contributed by atoms with Crippen molar-refractivity contribution in [1.82, 2.24) is 4.98 Å². The Morgan fingerprint density at radius 1 is 1.00 bits per heavy atom. The number of hydrogen-bond acceptors (Lipinski definition) is 3. The van der Waals surface area contributed by atoms with Gasteiger partial charge in [-0.1, -0.05) is 36.4 Å². The van der Waals surface area contributed by atoms with Crippen LogP contribution in [0.25, 0.3) is 10.9 Å². The number of hydrogen-bond donors (Lipinski definition) is 1. The number of carbonyl (C=O) groups is 1. The third kappa shape index (κ3) is 3.00. The largest absolute Gasteiger partial charge is 0.481 e. The number of para-hydroxylation sites is 2. The molecule has 0 fully saturated rings. The molecule has 104 valence electrons. The summed E-state index contributed by atoms with van der Waals surface area (Å²) >= 11 is 0. The van der Waals surface area contributed by atoms with E-state index >= 15 is 0 Å². The second kappa shape index (κ2) is 5.63. The van der Waals surface area contributed by atoms with Crippen molar-refractivity contribution >= 4 is 16.9 Å². The number of fused-ring (bicyclic) bond motifs is 1. The Kier molecular flexibility index (Phi) is 3.51. The summed E-state index contributed by atoms with van der Waals surface area (Å²) in [6.07, 6.45) is -0.102. The first-order valence-electron chi connectivity index (χ1n) is 6.56. The predicted octanol–water partition coefficient (Wildman–Crippen LogP) is 3.65. The van der Waals surface area contributed by atoms with Crippen LogP contribution in [0.5, 0.6) is 11.5 Å². The van der Waals surface area contributed by atoms with E-state index in [9.17, 15) is 4.79 Å². The number of pyridine rings is 1. The highest BCUT2D eigenvalue weighted by atomic mass is 16.5. The normalized spacial score (nSPS) is 10.5. The Bertz CT molecular complexity index is 784. The zero-order valence-electron chi connectivity index (χ0n) is 11.2. The van der Waals surface area contributed by atoms with Crippen LogP contribution < -0.4 is 4.74 Å². The number of rotatable bonds is 4. The number of ether oxygens (including phenoxy) is 1. The summed E-state index contributed by atoms with van der Waals surface area (Å²) in [6, 6.07) is 18.6. The third-order valence-electron chi connectivity index (χ3n) is 3.04. The molecule has 0 unspecified atom stereocenters. The molecule has 0 amide bonds. The molecule has 21 heavy (non-hydrogen) atoms. The Hall–Kier alpha value is -2.88. The van der Waals surface area contributed by atoms with Gasteiger partial charge >= 0.3 is 5.97 Å². The van der Waals surface area contributed by atoms with Gasteiger partial charge in [0.25, 0.3) is 0 Å². The second-order valence-electron chi connectivity index (χ2n) is 4.62. The van der Waals surface area contributed by atoms with Crippen LogP contribution in [0.3, 0.4) is 0 Å². The van der Waals surface area contributed by atoms with E-state index in [2.05, 4.69) is 4.98 Å². The molecule has 0 aliphatic carbocycles. The summed E-state index contributed by atoms with van der Waals surface area (Å²) in [5.74, 6) is 0.435. The third-order valence-corrected chi connectivity index (χ3v) is 3.04. The van der Waals surface area contributed by atoms with E-state index in [0.29, 0.717) is 17.0 Å². The van der Waals surface area contributed by atoms with E-state index in [-0.39, 0.29) is 6.42 Å².